The smallest absolute Gasteiger partial charge is 0.327 e. The molecular formula is C19H25NO5S. The van der Waals surface area contributed by atoms with Gasteiger partial charge in [0, 0.05) is 24.7 Å². The maximum atomic E-state index is 12.3. The lowest BCUT2D eigenvalue weighted by Gasteiger charge is -2.24. The number of ether oxygens (including phenoxy) is 1. The Balaban J connectivity index is 2.77. The average Bonchev–Trinajstić information content (AvgIpc) is 2.49. The second-order valence-corrected chi connectivity index (χ2v) is 7.82. The fraction of sp³-hybridized carbons (Fsp3) is 0.421. The zero-order chi connectivity index (χ0) is 19.9. The summed E-state index contributed by atoms with van der Waals surface area (Å²) in [6.45, 7) is 10.9. The van der Waals surface area contributed by atoms with Gasteiger partial charge in [0.25, 0.3) is 0 Å². The molecule has 0 radical (unpaired) electrons. The van der Waals surface area contributed by atoms with Crippen LogP contribution in [0.15, 0.2) is 30.8 Å². The van der Waals surface area contributed by atoms with Crippen LogP contribution in [0.3, 0.4) is 0 Å². The van der Waals surface area contributed by atoms with E-state index < -0.39 is 23.5 Å². The van der Waals surface area contributed by atoms with E-state index in [2.05, 4.69) is 11.9 Å². The van der Waals surface area contributed by atoms with Crippen LogP contribution in [-0.4, -0.2) is 39.5 Å². The van der Waals surface area contributed by atoms with Gasteiger partial charge in [0.15, 0.2) is 5.12 Å². The number of carboxylic acids is 1. The van der Waals surface area contributed by atoms with Gasteiger partial charge in [-0.2, -0.15) is 0 Å². The van der Waals surface area contributed by atoms with E-state index in [0.717, 1.165) is 22.9 Å². The summed E-state index contributed by atoms with van der Waals surface area (Å²) in [5.74, 6) is -1.18. The quantitative estimate of drug-likeness (QED) is 0.675. The molecule has 6 nitrogen and oxygen atoms in total. The molecule has 0 aromatic heterocycles. The molecule has 1 rings (SSSR count). The van der Waals surface area contributed by atoms with E-state index in [1.807, 2.05) is 45.0 Å². The Labute approximate surface area is 158 Å². The van der Waals surface area contributed by atoms with Gasteiger partial charge in [-0.25, -0.2) is 4.79 Å². The van der Waals surface area contributed by atoms with E-state index in [9.17, 15) is 14.4 Å². The molecule has 7 heteroatoms. The lowest BCUT2D eigenvalue weighted by atomic mass is 10.0. The molecule has 0 aliphatic carbocycles. The van der Waals surface area contributed by atoms with Crippen LogP contribution in [0.4, 0.5) is 0 Å². The minimum atomic E-state index is -1.17. The Morgan fingerprint density at radius 3 is 2.42 bits per heavy atom. The van der Waals surface area contributed by atoms with Crippen molar-refractivity contribution in [3.63, 3.8) is 0 Å². The van der Waals surface area contributed by atoms with Crippen molar-refractivity contribution in [3.05, 3.63) is 42.0 Å². The summed E-state index contributed by atoms with van der Waals surface area (Å²) in [5, 5.41) is 11.2. The van der Waals surface area contributed by atoms with Crippen molar-refractivity contribution in [2.75, 3.05) is 5.75 Å². The summed E-state index contributed by atoms with van der Waals surface area (Å²) in [6.07, 6.45) is 0.111. The lowest BCUT2D eigenvalue weighted by molar-refractivity contribution is -0.140. The predicted molar refractivity (Wildman–Crippen MR) is 103 cm³/mol. The Bertz CT molecular complexity index is 693. The fourth-order valence-corrected chi connectivity index (χ4v) is 3.01. The summed E-state index contributed by atoms with van der Waals surface area (Å²) < 4.78 is 5.78. The number of aliphatic carboxylic acids is 1. The summed E-state index contributed by atoms with van der Waals surface area (Å²) in [6, 6.07) is 6.20. The molecule has 0 unspecified atom stereocenters. The fourth-order valence-electron chi connectivity index (χ4n) is 2.17. The van der Waals surface area contributed by atoms with Crippen LogP contribution in [0.1, 0.15) is 38.8 Å². The molecule has 0 aliphatic heterocycles. The Morgan fingerprint density at radius 1 is 1.27 bits per heavy atom. The van der Waals surface area contributed by atoms with E-state index in [-0.39, 0.29) is 17.3 Å². The highest BCUT2D eigenvalue weighted by molar-refractivity contribution is 8.13. The van der Waals surface area contributed by atoms with Crippen molar-refractivity contribution >= 4 is 34.5 Å². The Hall–Kier alpha value is -2.28. The third-order valence-electron chi connectivity index (χ3n) is 3.17. The first kappa shape index (κ1) is 21.8. The topological polar surface area (TPSA) is 92.7 Å². The maximum Gasteiger partial charge on any atom is 0.327 e. The predicted octanol–water partition coefficient (Wildman–Crippen LogP) is 2.86. The van der Waals surface area contributed by atoms with Gasteiger partial charge in [-0.1, -0.05) is 42.6 Å². The van der Waals surface area contributed by atoms with Gasteiger partial charge in [-0.15, -0.1) is 0 Å². The molecule has 0 heterocycles. The van der Waals surface area contributed by atoms with Crippen molar-refractivity contribution in [2.24, 2.45) is 0 Å². The van der Waals surface area contributed by atoms with Gasteiger partial charge >= 0.3 is 5.97 Å². The van der Waals surface area contributed by atoms with Gasteiger partial charge in [0.1, 0.15) is 17.4 Å². The lowest BCUT2D eigenvalue weighted by Crippen LogP contribution is -2.41. The number of benzene rings is 1. The van der Waals surface area contributed by atoms with E-state index >= 15 is 0 Å². The first-order valence-corrected chi connectivity index (χ1v) is 9.10. The molecule has 0 spiro atoms. The first-order chi connectivity index (χ1) is 12.0. The van der Waals surface area contributed by atoms with Gasteiger partial charge < -0.3 is 15.2 Å². The van der Waals surface area contributed by atoms with Gasteiger partial charge in [-0.05, 0) is 26.3 Å². The van der Waals surface area contributed by atoms with Crippen molar-refractivity contribution in [2.45, 2.75) is 45.8 Å². The molecule has 0 bridgehead atoms. The second kappa shape index (κ2) is 9.43. The minimum absolute atomic E-state index is 0.0324. The number of carboxylic acid groups (broad SMARTS) is 1. The van der Waals surface area contributed by atoms with Crippen LogP contribution in [0, 0.1) is 0 Å². The molecule has 0 saturated heterocycles. The number of carbonyl (C=O) groups is 3. The number of nitrogens with one attached hydrogen (secondary N) is 1. The Morgan fingerprint density at radius 2 is 1.88 bits per heavy atom. The molecule has 1 atom stereocenters. The summed E-state index contributed by atoms with van der Waals surface area (Å²) in [5.41, 5.74) is 1.09. The average molecular weight is 379 g/mol. The van der Waals surface area contributed by atoms with Gasteiger partial charge in [0.2, 0.25) is 5.91 Å². The van der Waals surface area contributed by atoms with Gasteiger partial charge in [0.05, 0.1) is 0 Å². The van der Waals surface area contributed by atoms with E-state index in [0.29, 0.717) is 5.76 Å². The zero-order valence-corrected chi connectivity index (χ0v) is 16.3. The van der Waals surface area contributed by atoms with E-state index in [1.54, 1.807) is 0 Å². The van der Waals surface area contributed by atoms with Crippen LogP contribution in [-0.2, 0) is 25.5 Å². The van der Waals surface area contributed by atoms with E-state index in [1.165, 1.54) is 6.92 Å². The van der Waals surface area contributed by atoms with Crippen LogP contribution in [0.5, 0.6) is 0 Å². The molecule has 1 aromatic carbocycles. The number of carbonyl (C=O) groups excluding carboxylic acids is 2. The molecule has 1 aromatic rings. The largest absolute Gasteiger partial charge is 0.488 e. The zero-order valence-electron chi connectivity index (χ0n) is 15.5. The molecule has 0 fully saturated rings. The highest BCUT2D eigenvalue weighted by atomic mass is 32.2. The van der Waals surface area contributed by atoms with Crippen LogP contribution < -0.4 is 5.32 Å². The summed E-state index contributed by atoms with van der Waals surface area (Å²) >= 11 is 0.878. The molecule has 142 valence electrons. The van der Waals surface area contributed by atoms with Crippen LogP contribution >= 0.6 is 11.8 Å². The molecule has 2 N–H and O–H groups in total. The number of hydrogen-bond acceptors (Lipinski definition) is 5. The SMILES string of the molecule is C=C(OC(C)(C)C)c1ccccc1CC(=O)SC[C@H](NC(C)=O)C(=O)O. The first-order valence-electron chi connectivity index (χ1n) is 8.11. The summed E-state index contributed by atoms with van der Waals surface area (Å²) in [7, 11) is 0. The third-order valence-corrected chi connectivity index (χ3v) is 4.13. The molecule has 0 saturated carbocycles. The molecule has 1 amide bonds. The number of thioether (sulfide) groups is 1. The minimum Gasteiger partial charge on any atom is -0.488 e. The number of hydrogen-bond donors (Lipinski definition) is 2. The summed E-state index contributed by atoms with van der Waals surface area (Å²) in [4.78, 5) is 34.4. The van der Waals surface area contributed by atoms with E-state index in [4.69, 9.17) is 9.84 Å². The maximum absolute atomic E-state index is 12.3. The van der Waals surface area contributed by atoms with Crippen molar-refractivity contribution < 1.29 is 24.2 Å². The van der Waals surface area contributed by atoms with Crippen molar-refractivity contribution in [1.29, 1.82) is 0 Å². The van der Waals surface area contributed by atoms with Crippen LogP contribution in [0.25, 0.3) is 5.76 Å². The third kappa shape index (κ3) is 7.74. The Kier molecular flexibility index (Phi) is 7.89. The van der Waals surface area contributed by atoms with Crippen LogP contribution in [0.2, 0.25) is 0 Å². The van der Waals surface area contributed by atoms with Crippen molar-refractivity contribution in [1.82, 2.24) is 5.32 Å². The molecule has 0 aliphatic rings. The number of amides is 1. The normalized spacial score (nSPS) is 12.2. The standard InChI is InChI=1S/C19H25NO5S/c1-12(25-19(3,4)5)15-9-7-6-8-14(15)10-17(22)26-11-16(18(23)24)20-13(2)21/h6-9,16H,1,10-11H2,2-5H3,(H,20,21)(H,23,24)/t16-/m0/s1. The molecular weight excluding hydrogens is 354 g/mol. The highest BCUT2D eigenvalue weighted by Gasteiger charge is 2.21. The number of rotatable bonds is 8. The second-order valence-electron chi connectivity index (χ2n) is 6.75. The highest BCUT2D eigenvalue weighted by Crippen LogP contribution is 2.25. The van der Waals surface area contributed by atoms with Crippen molar-refractivity contribution in [3.8, 4) is 0 Å². The monoisotopic (exact) mass is 379 g/mol. The van der Waals surface area contributed by atoms with Gasteiger partial charge in [-0.3, -0.25) is 9.59 Å². The molecule has 26 heavy (non-hydrogen) atoms.